The van der Waals surface area contributed by atoms with Gasteiger partial charge in [0.1, 0.15) is 0 Å². The summed E-state index contributed by atoms with van der Waals surface area (Å²) in [5.74, 6) is -0.112. The lowest BCUT2D eigenvalue weighted by atomic mass is 9.83. The fraction of sp³-hybridized carbons (Fsp3) is 0.562. The van der Waals surface area contributed by atoms with Gasteiger partial charge in [-0.1, -0.05) is 43.5 Å². The Labute approximate surface area is 114 Å². The molecule has 3 N–H and O–H groups in total. The second kappa shape index (κ2) is 6.71. The number of carboxylic acids is 1. The normalized spacial score (nSPS) is 18.2. The number of carboxylic acid groups (broad SMARTS) is 1. The molecule has 0 heterocycles. The summed E-state index contributed by atoms with van der Waals surface area (Å²) < 4.78 is 0. The summed E-state index contributed by atoms with van der Waals surface area (Å²) in [6.45, 7) is 0. The zero-order valence-corrected chi connectivity index (χ0v) is 11.3. The van der Waals surface area contributed by atoms with Crippen molar-refractivity contribution in [1.82, 2.24) is 0 Å². The van der Waals surface area contributed by atoms with Crippen LogP contribution in [-0.4, -0.2) is 11.1 Å². The highest BCUT2D eigenvalue weighted by molar-refractivity contribution is 5.66. The Bertz CT molecular complexity index is 425. The van der Waals surface area contributed by atoms with Crippen LogP contribution in [0.2, 0.25) is 0 Å². The van der Waals surface area contributed by atoms with Crippen molar-refractivity contribution < 1.29 is 9.90 Å². The summed E-state index contributed by atoms with van der Waals surface area (Å²) in [5, 5.41) is 8.71. The summed E-state index contributed by atoms with van der Waals surface area (Å²) >= 11 is 0. The third kappa shape index (κ3) is 4.06. The van der Waals surface area contributed by atoms with Gasteiger partial charge in [0.2, 0.25) is 0 Å². The lowest BCUT2D eigenvalue weighted by Gasteiger charge is -2.23. The van der Waals surface area contributed by atoms with Crippen molar-refractivity contribution in [2.75, 3.05) is 0 Å². The molecular formula is C16H23NO2. The first-order valence-corrected chi connectivity index (χ1v) is 7.24. The highest BCUT2D eigenvalue weighted by Gasteiger charge is 2.16. The smallest absolute Gasteiger partial charge is 0.303 e. The highest BCUT2D eigenvalue weighted by atomic mass is 16.4. The third-order valence-corrected chi connectivity index (χ3v) is 4.08. The van der Waals surface area contributed by atoms with Crippen molar-refractivity contribution in [1.29, 1.82) is 0 Å². The molecule has 2 rings (SSSR count). The number of aliphatic carboxylic acids is 1. The van der Waals surface area contributed by atoms with Gasteiger partial charge in [-0.15, -0.1) is 0 Å². The van der Waals surface area contributed by atoms with Crippen molar-refractivity contribution >= 4 is 5.97 Å². The van der Waals surface area contributed by atoms with Gasteiger partial charge in [-0.3, -0.25) is 4.79 Å². The first-order chi connectivity index (χ1) is 9.16. The maximum atomic E-state index is 10.6. The standard InChI is InChI=1S/C16H23NO2/c17-15(9-10-16(18)19)14-8-4-7-13(11-14)12-5-2-1-3-6-12/h4,7-8,11-12,15H,1-3,5-6,9-10,17H2,(H,18,19). The van der Waals surface area contributed by atoms with E-state index >= 15 is 0 Å². The molecule has 0 saturated heterocycles. The molecule has 3 heteroatoms. The lowest BCUT2D eigenvalue weighted by molar-refractivity contribution is -0.137. The van der Waals surface area contributed by atoms with E-state index in [0.29, 0.717) is 12.3 Å². The Kier molecular flexibility index (Phi) is 4.97. The maximum absolute atomic E-state index is 10.6. The number of hydrogen-bond acceptors (Lipinski definition) is 2. The second-order valence-corrected chi connectivity index (χ2v) is 5.54. The van der Waals surface area contributed by atoms with E-state index in [1.165, 1.54) is 37.7 Å². The van der Waals surface area contributed by atoms with Crippen LogP contribution in [0.1, 0.15) is 68.0 Å². The van der Waals surface area contributed by atoms with Crippen molar-refractivity contribution in [3.05, 3.63) is 35.4 Å². The molecule has 1 aliphatic carbocycles. The van der Waals surface area contributed by atoms with Crippen molar-refractivity contribution in [3.63, 3.8) is 0 Å². The van der Waals surface area contributed by atoms with Gasteiger partial charge in [0.25, 0.3) is 0 Å². The first kappa shape index (κ1) is 14.1. The van der Waals surface area contributed by atoms with Crippen LogP contribution in [0.25, 0.3) is 0 Å². The molecule has 19 heavy (non-hydrogen) atoms. The topological polar surface area (TPSA) is 63.3 Å². The monoisotopic (exact) mass is 261 g/mol. The van der Waals surface area contributed by atoms with Crippen LogP contribution in [0, 0.1) is 0 Å². The van der Waals surface area contributed by atoms with E-state index in [1.807, 2.05) is 6.07 Å². The predicted octanol–water partition coefficient (Wildman–Crippen LogP) is 3.60. The highest BCUT2D eigenvalue weighted by Crippen LogP contribution is 2.33. The average Bonchev–Trinajstić information content (AvgIpc) is 2.46. The van der Waals surface area contributed by atoms with E-state index in [0.717, 1.165) is 5.56 Å². The Morgan fingerprint density at radius 3 is 2.74 bits per heavy atom. The van der Waals surface area contributed by atoms with Crippen LogP contribution >= 0.6 is 0 Å². The molecule has 0 aromatic heterocycles. The van der Waals surface area contributed by atoms with Gasteiger partial charge >= 0.3 is 5.97 Å². The zero-order valence-electron chi connectivity index (χ0n) is 11.3. The summed E-state index contributed by atoms with van der Waals surface area (Å²) in [6, 6.07) is 8.27. The van der Waals surface area contributed by atoms with Gasteiger partial charge in [0.15, 0.2) is 0 Å². The van der Waals surface area contributed by atoms with Gasteiger partial charge in [-0.05, 0) is 36.3 Å². The fourth-order valence-electron chi connectivity index (χ4n) is 2.93. The van der Waals surface area contributed by atoms with Crippen molar-refractivity contribution in [2.45, 2.75) is 56.9 Å². The molecule has 1 fully saturated rings. The van der Waals surface area contributed by atoms with Crippen LogP contribution in [0.5, 0.6) is 0 Å². The zero-order chi connectivity index (χ0) is 13.7. The number of hydrogen-bond donors (Lipinski definition) is 2. The average molecular weight is 261 g/mol. The summed E-state index contributed by atoms with van der Waals surface area (Å²) in [6.07, 6.45) is 7.17. The number of carbonyl (C=O) groups is 1. The minimum Gasteiger partial charge on any atom is -0.481 e. The Balaban J connectivity index is 2.03. The van der Waals surface area contributed by atoms with Crippen LogP contribution in [0.15, 0.2) is 24.3 Å². The Morgan fingerprint density at radius 2 is 2.05 bits per heavy atom. The van der Waals surface area contributed by atoms with Crippen molar-refractivity contribution in [3.8, 4) is 0 Å². The van der Waals surface area contributed by atoms with Gasteiger partial charge in [0.05, 0.1) is 0 Å². The van der Waals surface area contributed by atoms with Crippen LogP contribution in [0.4, 0.5) is 0 Å². The van der Waals surface area contributed by atoms with Crippen LogP contribution in [0.3, 0.4) is 0 Å². The van der Waals surface area contributed by atoms with E-state index in [1.54, 1.807) is 0 Å². The quantitative estimate of drug-likeness (QED) is 0.851. The predicted molar refractivity (Wildman–Crippen MR) is 76.1 cm³/mol. The number of benzene rings is 1. The molecule has 1 atom stereocenters. The van der Waals surface area contributed by atoms with E-state index in [9.17, 15) is 4.79 Å². The Morgan fingerprint density at radius 1 is 1.32 bits per heavy atom. The molecular weight excluding hydrogens is 238 g/mol. The summed E-state index contributed by atoms with van der Waals surface area (Å²) in [5.41, 5.74) is 8.53. The van der Waals surface area contributed by atoms with E-state index in [4.69, 9.17) is 10.8 Å². The van der Waals surface area contributed by atoms with Gasteiger partial charge < -0.3 is 10.8 Å². The molecule has 0 aliphatic heterocycles. The van der Waals surface area contributed by atoms with Gasteiger partial charge in [0, 0.05) is 12.5 Å². The molecule has 1 aliphatic rings. The molecule has 104 valence electrons. The molecule has 0 amide bonds. The molecule has 1 aromatic carbocycles. The third-order valence-electron chi connectivity index (χ3n) is 4.08. The van der Waals surface area contributed by atoms with Gasteiger partial charge in [-0.2, -0.15) is 0 Å². The van der Waals surface area contributed by atoms with E-state index < -0.39 is 5.97 Å². The first-order valence-electron chi connectivity index (χ1n) is 7.24. The van der Waals surface area contributed by atoms with Gasteiger partial charge in [-0.25, -0.2) is 0 Å². The maximum Gasteiger partial charge on any atom is 0.303 e. The largest absolute Gasteiger partial charge is 0.481 e. The molecule has 1 saturated carbocycles. The molecule has 1 aromatic rings. The molecule has 0 bridgehead atoms. The minimum atomic E-state index is -0.779. The molecule has 0 spiro atoms. The van der Waals surface area contributed by atoms with Crippen LogP contribution in [-0.2, 0) is 4.79 Å². The minimum absolute atomic E-state index is 0.134. The molecule has 3 nitrogen and oxygen atoms in total. The molecule has 0 radical (unpaired) electrons. The summed E-state index contributed by atoms with van der Waals surface area (Å²) in [7, 11) is 0. The van der Waals surface area contributed by atoms with E-state index in [-0.39, 0.29) is 12.5 Å². The number of nitrogens with two attached hydrogens (primary N) is 1. The SMILES string of the molecule is NC(CCC(=O)O)c1cccc(C2CCCCC2)c1. The van der Waals surface area contributed by atoms with Crippen LogP contribution < -0.4 is 5.73 Å². The fourth-order valence-corrected chi connectivity index (χ4v) is 2.93. The second-order valence-electron chi connectivity index (χ2n) is 5.54. The molecule has 1 unspecified atom stereocenters. The Hall–Kier alpha value is -1.35. The van der Waals surface area contributed by atoms with E-state index in [2.05, 4.69) is 18.2 Å². The summed E-state index contributed by atoms with van der Waals surface area (Å²) in [4.78, 5) is 10.6. The lowest BCUT2D eigenvalue weighted by Crippen LogP contribution is -2.13. The van der Waals surface area contributed by atoms with Crippen molar-refractivity contribution in [2.24, 2.45) is 5.73 Å². The number of rotatable bonds is 5.